The maximum atomic E-state index is 11.9. The molecule has 0 atom stereocenters. The summed E-state index contributed by atoms with van der Waals surface area (Å²) in [4.78, 5) is 23.2. The summed E-state index contributed by atoms with van der Waals surface area (Å²) in [7, 11) is 0. The van der Waals surface area contributed by atoms with Crippen molar-refractivity contribution in [2.45, 2.75) is 13.5 Å². The van der Waals surface area contributed by atoms with E-state index in [1.165, 1.54) is 12.4 Å². The van der Waals surface area contributed by atoms with Gasteiger partial charge in [0, 0.05) is 24.3 Å². The second kappa shape index (κ2) is 5.38. The summed E-state index contributed by atoms with van der Waals surface area (Å²) in [5.41, 5.74) is 3.11. The number of hydrogen-bond donors (Lipinski definition) is 3. The monoisotopic (exact) mass is 321 g/mol. The summed E-state index contributed by atoms with van der Waals surface area (Å²) < 4.78 is 0.543. The van der Waals surface area contributed by atoms with Crippen molar-refractivity contribution in [2.24, 2.45) is 0 Å². The number of nitrogens with zero attached hydrogens (tertiary/aromatic N) is 3. The van der Waals surface area contributed by atoms with Crippen molar-refractivity contribution >= 4 is 27.6 Å². The van der Waals surface area contributed by atoms with Crippen molar-refractivity contribution in [2.75, 3.05) is 5.32 Å². The highest BCUT2D eigenvalue weighted by molar-refractivity contribution is 5.90. The van der Waals surface area contributed by atoms with Crippen LogP contribution in [0.4, 0.5) is 5.69 Å². The molecule has 0 spiro atoms. The molecule has 4 rings (SSSR count). The van der Waals surface area contributed by atoms with Gasteiger partial charge in [0.25, 0.3) is 5.56 Å². The molecular weight excluding hydrogens is 306 g/mol. The number of nitrogens with one attached hydrogen (secondary N) is 2. The molecular formula is C17H15N5O2. The Morgan fingerprint density at radius 1 is 1.25 bits per heavy atom. The maximum absolute atomic E-state index is 11.9. The predicted molar refractivity (Wildman–Crippen MR) is 91.3 cm³/mol. The minimum atomic E-state index is -0.538. The molecule has 3 N–H and O–H groups in total. The molecule has 0 aliphatic carbocycles. The molecule has 0 radical (unpaired) electrons. The van der Waals surface area contributed by atoms with Crippen LogP contribution < -0.4 is 10.9 Å². The number of aromatic amines is 1. The van der Waals surface area contributed by atoms with Crippen molar-refractivity contribution in [3.8, 4) is 0 Å². The summed E-state index contributed by atoms with van der Waals surface area (Å²) in [5.74, 6) is 0. The first-order valence-electron chi connectivity index (χ1n) is 7.50. The number of benzene rings is 1. The van der Waals surface area contributed by atoms with Crippen molar-refractivity contribution < 1.29 is 5.21 Å². The summed E-state index contributed by atoms with van der Waals surface area (Å²) in [6.07, 6.45) is 3.23. The number of rotatable bonds is 3. The third-order valence-corrected chi connectivity index (χ3v) is 4.06. The van der Waals surface area contributed by atoms with Crippen LogP contribution in [-0.2, 0) is 6.54 Å². The van der Waals surface area contributed by atoms with Crippen LogP contribution >= 0.6 is 0 Å². The Hall–Kier alpha value is -3.35. The van der Waals surface area contributed by atoms with Crippen LogP contribution in [-0.4, -0.2) is 24.9 Å². The molecule has 0 bridgehead atoms. The van der Waals surface area contributed by atoms with E-state index < -0.39 is 5.56 Å². The lowest BCUT2D eigenvalue weighted by molar-refractivity contribution is 0.186. The molecule has 4 aromatic rings. The average molecular weight is 321 g/mol. The quantitative estimate of drug-likeness (QED) is 0.504. The van der Waals surface area contributed by atoms with E-state index in [2.05, 4.69) is 26.3 Å². The van der Waals surface area contributed by atoms with Crippen molar-refractivity contribution in [1.82, 2.24) is 19.7 Å². The van der Waals surface area contributed by atoms with Crippen LogP contribution in [0.3, 0.4) is 0 Å². The van der Waals surface area contributed by atoms with Crippen LogP contribution in [0.15, 0.2) is 47.7 Å². The number of fused-ring (bicyclic) bond motifs is 2. The van der Waals surface area contributed by atoms with Gasteiger partial charge in [0.2, 0.25) is 0 Å². The van der Waals surface area contributed by atoms with E-state index in [1.54, 1.807) is 0 Å². The first-order chi connectivity index (χ1) is 11.6. The number of H-pyrrole nitrogens is 1. The molecule has 7 nitrogen and oxygen atoms in total. The normalized spacial score (nSPS) is 11.2. The van der Waals surface area contributed by atoms with E-state index in [4.69, 9.17) is 0 Å². The number of aromatic nitrogens is 4. The average Bonchev–Trinajstić information content (AvgIpc) is 3.04. The molecule has 1 aromatic carbocycles. The number of anilines is 1. The van der Waals surface area contributed by atoms with Gasteiger partial charge in [-0.2, -0.15) is 0 Å². The van der Waals surface area contributed by atoms with E-state index in [9.17, 15) is 10.0 Å². The van der Waals surface area contributed by atoms with E-state index in [0.717, 1.165) is 16.5 Å². The molecule has 3 heterocycles. The fourth-order valence-corrected chi connectivity index (χ4v) is 2.85. The third-order valence-electron chi connectivity index (χ3n) is 4.06. The fraction of sp³-hybridized carbons (Fsp3) is 0.118. The first-order valence-corrected chi connectivity index (χ1v) is 7.50. The molecule has 0 saturated heterocycles. The molecule has 3 aromatic heterocycles. The lowest BCUT2D eigenvalue weighted by Crippen LogP contribution is -2.20. The van der Waals surface area contributed by atoms with Crippen LogP contribution in [0, 0.1) is 6.92 Å². The van der Waals surface area contributed by atoms with Crippen LogP contribution in [0.25, 0.3) is 21.9 Å². The highest BCUT2D eigenvalue weighted by Crippen LogP contribution is 2.23. The van der Waals surface area contributed by atoms with Gasteiger partial charge in [-0.25, -0.2) is 9.97 Å². The van der Waals surface area contributed by atoms with Gasteiger partial charge >= 0.3 is 0 Å². The zero-order valence-corrected chi connectivity index (χ0v) is 12.9. The molecule has 0 unspecified atom stereocenters. The van der Waals surface area contributed by atoms with Crippen molar-refractivity contribution in [3.63, 3.8) is 0 Å². The minimum Gasteiger partial charge on any atom is -0.423 e. The van der Waals surface area contributed by atoms with E-state index >= 15 is 0 Å². The van der Waals surface area contributed by atoms with Gasteiger partial charge in [-0.3, -0.25) is 4.79 Å². The lowest BCUT2D eigenvalue weighted by Gasteiger charge is -2.12. The van der Waals surface area contributed by atoms with Gasteiger partial charge in [0.05, 0.1) is 16.8 Å². The standard InChI is InChI=1S/C17H15N5O2/c1-10-16-14(7-15(23)22(24)17(16)21-9-20-10)19-8-11-2-3-13-12(6-11)4-5-18-13/h2-7,9,18-19,24H,8H2,1H3. The van der Waals surface area contributed by atoms with Crippen LogP contribution in [0.5, 0.6) is 0 Å². The Balaban J connectivity index is 1.74. The Kier molecular flexibility index (Phi) is 3.19. The predicted octanol–water partition coefficient (Wildman–Crippen LogP) is 2.43. The Bertz CT molecular complexity index is 1110. The van der Waals surface area contributed by atoms with E-state index in [-0.39, 0.29) is 5.65 Å². The lowest BCUT2D eigenvalue weighted by atomic mass is 10.1. The van der Waals surface area contributed by atoms with Gasteiger partial charge in [-0.15, -0.1) is 4.73 Å². The minimum absolute atomic E-state index is 0.193. The molecule has 0 fully saturated rings. The third kappa shape index (κ3) is 2.26. The zero-order valence-electron chi connectivity index (χ0n) is 12.9. The van der Waals surface area contributed by atoms with Crippen LogP contribution in [0.2, 0.25) is 0 Å². The SMILES string of the molecule is Cc1ncnc2c1c(NCc1ccc3[nH]ccc3c1)cc(=O)n2O. The summed E-state index contributed by atoms with van der Waals surface area (Å²) in [6.45, 7) is 2.35. The summed E-state index contributed by atoms with van der Waals surface area (Å²) >= 11 is 0. The molecule has 7 heteroatoms. The van der Waals surface area contributed by atoms with Crippen molar-refractivity contribution in [3.05, 3.63) is 64.5 Å². The molecule has 0 amide bonds. The highest BCUT2D eigenvalue weighted by Gasteiger charge is 2.12. The fourth-order valence-electron chi connectivity index (χ4n) is 2.85. The second-order valence-corrected chi connectivity index (χ2v) is 5.62. The first kappa shape index (κ1) is 14.3. The van der Waals surface area contributed by atoms with Crippen molar-refractivity contribution in [1.29, 1.82) is 0 Å². The number of hydrogen-bond acceptors (Lipinski definition) is 5. The number of pyridine rings is 1. The molecule has 0 aliphatic rings. The topological polar surface area (TPSA) is 95.8 Å². The molecule has 120 valence electrons. The van der Waals surface area contributed by atoms with Crippen LogP contribution in [0.1, 0.15) is 11.3 Å². The largest absolute Gasteiger partial charge is 0.423 e. The van der Waals surface area contributed by atoms with Gasteiger partial charge in [0.15, 0.2) is 5.65 Å². The Labute approximate surface area is 136 Å². The molecule has 0 aliphatic heterocycles. The maximum Gasteiger partial charge on any atom is 0.286 e. The summed E-state index contributed by atoms with van der Waals surface area (Å²) in [5, 5.41) is 14.9. The van der Waals surface area contributed by atoms with E-state index in [1.807, 2.05) is 31.3 Å². The van der Waals surface area contributed by atoms with Gasteiger partial charge in [-0.05, 0) is 36.1 Å². The Morgan fingerprint density at radius 2 is 2.12 bits per heavy atom. The summed E-state index contributed by atoms with van der Waals surface area (Å²) in [6, 6.07) is 9.49. The molecule has 24 heavy (non-hydrogen) atoms. The second-order valence-electron chi connectivity index (χ2n) is 5.62. The smallest absolute Gasteiger partial charge is 0.286 e. The Morgan fingerprint density at radius 3 is 3.00 bits per heavy atom. The highest BCUT2D eigenvalue weighted by atomic mass is 16.5. The molecule has 0 saturated carbocycles. The van der Waals surface area contributed by atoms with E-state index in [0.29, 0.717) is 28.0 Å². The number of aryl methyl sites for hydroxylation is 1. The van der Waals surface area contributed by atoms with Gasteiger partial charge < -0.3 is 15.5 Å². The van der Waals surface area contributed by atoms with Gasteiger partial charge in [-0.1, -0.05) is 6.07 Å². The zero-order chi connectivity index (χ0) is 16.7. The van der Waals surface area contributed by atoms with Gasteiger partial charge in [0.1, 0.15) is 6.33 Å².